The van der Waals surface area contributed by atoms with Gasteiger partial charge in [0.1, 0.15) is 0 Å². The quantitative estimate of drug-likeness (QED) is 0.856. The predicted octanol–water partition coefficient (Wildman–Crippen LogP) is 2.17. The summed E-state index contributed by atoms with van der Waals surface area (Å²) >= 11 is 0. The van der Waals surface area contributed by atoms with E-state index in [4.69, 9.17) is 0 Å². The highest BCUT2D eigenvalue weighted by atomic mass is 16.1. The second-order valence-electron chi connectivity index (χ2n) is 7.20. The number of carbonyl (C=O) groups excluding carboxylic acids is 1. The van der Waals surface area contributed by atoms with E-state index in [1.165, 1.54) is 12.0 Å². The Morgan fingerprint density at radius 3 is 2.79 bits per heavy atom. The van der Waals surface area contributed by atoms with Crippen molar-refractivity contribution in [1.29, 1.82) is 0 Å². The highest BCUT2D eigenvalue weighted by Crippen LogP contribution is 2.46. The van der Waals surface area contributed by atoms with Crippen molar-refractivity contribution in [2.24, 2.45) is 5.41 Å². The van der Waals surface area contributed by atoms with Gasteiger partial charge in [0.05, 0.1) is 0 Å². The summed E-state index contributed by atoms with van der Waals surface area (Å²) in [7, 11) is 0. The van der Waals surface area contributed by atoms with Crippen LogP contribution in [-0.4, -0.2) is 35.3 Å². The number of nitrogens with one attached hydrogen (secondary N) is 2. The summed E-state index contributed by atoms with van der Waals surface area (Å²) in [5, 5.41) is 10.8. The lowest BCUT2D eigenvalue weighted by Gasteiger charge is -2.16. The fourth-order valence-corrected chi connectivity index (χ4v) is 3.52. The van der Waals surface area contributed by atoms with Crippen LogP contribution in [0.15, 0.2) is 42.7 Å². The maximum absolute atomic E-state index is 12.4. The van der Waals surface area contributed by atoms with Gasteiger partial charge in [-0.2, -0.15) is 5.10 Å². The third-order valence-corrected chi connectivity index (χ3v) is 5.34. The molecule has 5 heteroatoms. The molecule has 0 bridgehead atoms. The van der Waals surface area contributed by atoms with Crippen LogP contribution in [0.3, 0.4) is 0 Å². The summed E-state index contributed by atoms with van der Waals surface area (Å²) in [4.78, 5) is 12.4. The minimum absolute atomic E-state index is 0.0258. The van der Waals surface area contributed by atoms with Crippen molar-refractivity contribution in [2.45, 2.75) is 31.7 Å². The molecule has 1 aromatic heterocycles. The zero-order chi connectivity index (χ0) is 16.4. The second kappa shape index (κ2) is 6.40. The van der Waals surface area contributed by atoms with Crippen LogP contribution < -0.4 is 10.6 Å². The van der Waals surface area contributed by atoms with Crippen LogP contribution in [0.5, 0.6) is 0 Å². The minimum atomic E-state index is 0.0258. The van der Waals surface area contributed by atoms with Crippen molar-refractivity contribution in [3.63, 3.8) is 0 Å². The molecule has 0 radical (unpaired) electrons. The fourth-order valence-electron chi connectivity index (χ4n) is 3.52. The zero-order valence-corrected chi connectivity index (χ0v) is 13.9. The normalized spacial score (nSPS) is 21.6. The monoisotopic (exact) mass is 324 g/mol. The lowest BCUT2D eigenvalue weighted by atomic mass is 9.97. The van der Waals surface area contributed by atoms with Gasteiger partial charge in [-0.25, -0.2) is 0 Å². The van der Waals surface area contributed by atoms with E-state index in [0.29, 0.717) is 5.92 Å². The van der Waals surface area contributed by atoms with Gasteiger partial charge in [-0.05, 0) is 55.5 Å². The van der Waals surface area contributed by atoms with Crippen LogP contribution in [0, 0.1) is 5.41 Å². The topological polar surface area (TPSA) is 59.0 Å². The number of rotatable bonds is 6. The molecular formula is C19H24N4O. The van der Waals surface area contributed by atoms with Gasteiger partial charge in [-0.3, -0.25) is 9.48 Å². The molecule has 2 N–H and O–H groups in total. The Morgan fingerprint density at radius 2 is 2.17 bits per heavy atom. The van der Waals surface area contributed by atoms with Gasteiger partial charge in [-0.1, -0.05) is 12.1 Å². The molecular weight excluding hydrogens is 300 g/mol. The summed E-state index contributed by atoms with van der Waals surface area (Å²) < 4.78 is 1.96. The van der Waals surface area contributed by atoms with E-state index < -0.39 is 0 Å². The van der Waals surface area contributed by atoms with E-state index in [2.05, 4.69) is 27.9 Å². The van der Waals surface area contributed by atoms with Gasteiger partial charge in [0.2, 0.25) is 0 Å². The molecule has 2 heterocycles. The van der Waals surface area contributed by atoms with Crippen LogP contribution in [0.2, 0.25) is 0 Å². The van der Waals surface area contributed by atoms with E-state index in [9.17, 15) is 4.79 Å². The first-order valence-electron chi connectivity index (χ1n) is 8.80. The second-order valence-corrected chi connectivity index (χ2v) is 7.20. The van der Waals surface area contributed by atoms with Crippen LogP contribution in [0.1, 0.15) is 41.1 Å². The van der Waals surface area contributed by atoms with Gasteiger partial charge >= 0.3 is 0 Å². The number of carbonyl (C=O) groups is 1. The van der Waals surface area contributed by atoms with Crippen LogP contribution in [0.4, 0.5) is 0 Å². The molecule has 1 atom stereocenters. The van der Waals surface area contributed by atoms with Crippen molar-refractivity contribution in [3.05, 3.63) is 53.9 Å². The third kappa shape index (κ3) is 3.36. The lowest BCUT2D eigenvalue weighted by Crippen LogP contribution is -2.32. The molecule has 1 aromatic carbocycles. The number of aromatic nitrogens is 2. The molecule has 5 nitrogen and oxygen atoms in total. The largest absolute Gasteiger partial charge is 0.351 e. The number of hydrogen-bond acceptors (Lipinski definition) is 3. The highest BCUT2D eigenvalue weighted by molar-refractivity contribution is 5.94. The van der Waals surface area contributed by atoms with Crippen molar-refractivity contribution in [1.82, 2.24) is 20.4 Å². The Hall–Kier alpha value is -2.14. The lowest BCUT2D eigenvalue weighted by molar-refractivity contribution is 0.0942. The number of hydrogen-bond donors (Lipinski definition) is 2. The van der Waals surface area contributed by atoms with Gasteiger partial charge < -0.3 is 10.6 Å². The predicted molar refractivity (Wildman–Crippen MR) is 92.9 cm³/mol. The number of benzene rings is 1. The Kier molecular flexibility index (Phi) is 4.10. The van der Waals surface area contributed by atoms with E-state index in [-0.39, 0.29) is 11.3 Å². The molecule has 1 amide bonds. The zero-order valence-electron chi connectivity index (χ0n) is 13.9. The molecule has 1 saturated heterocycles. The molecule has 4 rings (SSSR count). The standard InChI is InChI=1S/C19H24N4O/c24-18(16-4-2-15(3-5-16)17-6-10-20-12-17)21-13-19(7-8-19)14-23-11-1-9-22-23/h1-5,9,11,17,20H,6-8,10,12-14H2,(H,21,24)/t17-/m1/s1. The summed E-state index contributed by atoms with van der Waals surface area (Å²) in [5.41, 5.74) is 2.27. The SMILES string of the molecule is O=C(NCC1(Cn2cccn2)CC1)c1ccc([C@@H]2CCNC2)cc1. The molecule has 1 saturated carbocycles. The molecule has 2 aliphatic rings. The van der Waals surface area contributed by atoms with Gasteiger partial charge in [0.25, 0.3) is 5.91 Å². The first-order valence-corrected chi connectivity index (χ1v) is 8.80. The first-order chi connectivity index (χ1) is 11.7. The van der Waals surface area contributed by atoms with Crippen LogP contribution in [0.25, 0.3) is 0 Å². The summed E-state index contributed by atoms with van der Waals surface area (Å²) in [6.45, 7) is 3.74. The molecule has 126 valence electrons. The average molecular weight is 324 g/mol. The van der Waals surface area contributed by atoms with Crippen molar-refractivity contribution in [3.8, 4) is 0 Å². The summed E-state index contributed by atoms with van der Waals surface area (Å²) in [6.07, 6.45) is 7.28. The van der Waals surface area contributed by atoms with E-state index >= 15 is 0 Å². The van der Waals surface area contributed by atoms with Crippen molar-refractivity contribution >= 4 is 5.91 Å². The van der Waals surface area contributed by atoms with Gasteiger partial charge in [0, 0.05) is 43.0 Å². The Morgan fingerprint density at radius 1 is 1.33 bits per heavy atom. The number of amides is 1. The van der Waals surface area contributed by atoms with E-state index in [1.54, 1.807) is 6.20 Å². The van der Waals surface area contributed by atoms with Crippen molar-refractivity contribution < 1.29 is 4.79 Å². The van der Waals surface area contributed by atoms with Gasteiger partial charge in [-0.15, -0.1) is 0 Å². The molecule has 1 aliphatic carbocycles. The maximum Gasteiger partial charge on any atom is 0.251 e. The molecule has 0 unspecified atom stereocenters. The molecule has 2 fully saturated rings. The molecule has 2 aromatic rings. The smallest absolute Gasteiger partial charge is 0.251 e. The molecule has 1 aliphatic heterocycles. The molecule has 0 spiro atoms. The summed E-state index contributed by atoms with van der Waals surface area (Å²) in [5.74, 6) is 0.615. The summed E-state index contributed by atoms with van der Waals surface area (Å²) in [6, 6.07) is 10.1. The Balaban J connectivity index is 1.33. The van der Waals surface area contributed by atoms with Gasteiger partial charge in [0.15, 0.2) is 0 Å². The first kappa shape index (κ1) is 15.4. The Bertz CT molecular complexity index is 683. The average Bonchev–Trinajstić information content (AvgIpc) is 3.01. The van der Waals surface area contributed by atoms with Crippen LogP contribution >= 0.6 is 0 Å². The molecule has 24 heavy (non-hydrogen) atoms. The number of nitrogens with zero attached hydrogens (tertiary/aromatic N) is 2. The van der Waals surface area contributed by atoms with Crippen LogP contribution in [-0.2, 0) is 6.54 Å². The maximum atomic E-state index is 12.4. The Labute approximate surface area is 142 Å². The third-order valence-electron chi connectivity index (χ3n) is 5.34. The minimum Gasteiger partial charge on any atom is -0.351 e. The van der Waals surface area contributed by atoms with Crippen molar-refractivity contribution in [2.75, 3.05) is 19.6 Å². The fraction of sp³-hybridized carbons (Fsp3) is 0.474. The highest BCUT2D eigenvalue weighted by Gasteiger charge is 2.43. The van der Waals surface area contributed by atoms with E-state index in [1.807, 2.05) is 29.1 Å². The van der Waals surface area contributed by atoms with E-state index in [0.717, 1.165) is 44.6 Å².